The van der Waals surface area contributed by atoms with Crippen molar-refractivity contribution in [3.63, 3.8) is 0 Å². The van der Waals surface area contributed by atoms with Crippen LogP contribution in [0.1, 0.15) is 39.0 Å². The van der Waals surface area contributed by atoms with Crippen LogP contribution in [0.4, 0.5) is 0 Å². The van der Waals surface area contributed by atoms with E-state index in [-0.39, 0.29) is 24.1 Å². The van der Waals surface area contributed by atoms with E-state index >= 15 is 0 Å². The highest BCUT2D eigenvalue weighted by Crippen LogP contribution is 2.30. The van der Waals surface area contributed by atoms with E-state index in [2.05, 4.69) is 6.92 Å². The van der Waals surface area contributed by atoms with E-state index in [1.807, 2.05) is 4.90 Å². The first kappa shape index (κ1) is 15.8. The zero-order valence-corrected chi connectivity index (χ0v) is 12.9. The van der Waals surface area contributed by atoms with Crippen molar-refractivity contribution in [1.29, 1.82) is 0 Å². The van der Waals surface area contributed by atoms with E-state index < -0.39 is 15.8 Å². The van der Waals surface area contributed by atoms with Gasteiger partial charge in [-0.25, -0.2) is 8.42 Å². The van der Waals surface area contributed by atoms with Gasteiger partial charge in [0.2, 0.25) is 0 Å². The summed E-state index contributed by atoms with van der Waals surface area (Å²) in [5.74, 6) is 0.761. The first-order valence-corrected chi connectivity index (χ1v) is 9.34. The van der Waals surface area contributed by atoms with E-state index in [4.69, 9.17) is 5.11 Å². The number of carbonyl (C=O) groups is 1. The number of rotatable bonds is 5. The van der Waals surface area contributed by atoms with Crippen molar-refractivity contribution in [1.82, 2.24) is 4.90 Å². The Morgan fingerprint density at radius 2 is 1.85 bits per heavy atom. The fourth-order valence-corrected chi connectivity index (χ4v) is 5.18. The molecule has 0 spiro atoms. The quantitative estimate of drug-likeness (QED) is 0.830. The monoisotopic (exact) mass is 303 g/mol. The molecular weight excluding hydrogens is 278 g/mol. The van der Waals surface area contributed by atoms with E-state index in [0.29, 0.717) is 12.3 Å². The Kier molecular flexibility index (Phi) is 5.07. The first-order valence-electron chi connectivity index (χ1n) is 7.52. The second-order valence-electron chi connectivity index (χ2n) is 6.51. The molecule has 0 aromatic heterocycles. The first-order chi connectivity index (χ1) is 9.35. The van der Waals surface area contributed by atoms with Crippen molar-refractivity contribution in [3.05, 3.63) is 0 Å². The topological polar surface area (TPSA) is 74.7 Å². The van der Waals surface area contributed by atoms with E-state index in [1.54, 1.807) is 0 Å². The van der Waals surface area contributed by atoms with Gasteiger partial charge in [-0.2, -0.15) is 0 Å². The molecule has 2 fully saturated rings. The van der Waals surface area contributed by atoms with Crippen LogP contribution >= 0.6 is 0 Å². The Hall–Kier alpha value is -0.620. The standard InChI is InChI=1S/C14H25NO4S/c1-11-2-4-12(5-3-11)8-15(9-14(16)17)13-6-7-20(18,19)10-13/h11-13H,2-10H2,1H3,(H,16,17). The summed E-state index contributed by atoms with van der Waals surface area (Å²) in [6.07, 6.45) is 5.26. The molecule has 1 aliphatic carbocycles. The maximum Gasteiger partial charge on any atom is 0.317 e. The Labute approximate surface area is 121 Å². The SMILES string of the molecule is CC1CCC(CN(CC(=O)O)C2CCS(=O)(=O)C2)CC1. The van der Waals surface area contributed by atoms with Crippen LogP contribution in [0.15, 0.2) is 0 Å². The lowest BCUT2D eigenvalue weighted by molar-refractivity contribution is -0.139. The molecule has 6 heteroatoms. The smallest absolute Gasteiger partial charge is 0.317 e. The molecule has 1 saturated carbocycles. The summed E-state index contributed by atoms with van der Waals surface area (Å²) >= 11 is 0. The summed E-state index contributed by atoms with van der Waals surface area (Å²) in [5, 5.41) is 9.05. The summed E-state index contributed by atoms with van der Waals surface area (Å²) in [5.41, 5.74) is 0. The lowest BCUT2D eigenvalue weighted by atomic mass is 9.82. The van der Waals surface area contributed by atoms with Crippen molar-refractivity contribution in [2.24, 2.45) is 11.8 Å². The van der Waals surface area contributed by atoms with Gasteiger partial charge in [-0.15, -0.1) is 0 Å². The summed E-state index contributed by atoms with van der Waals surface area (Å²) in [7, 11) is -2.96. The van der Waals surface area contributed by atoms with Gasteiger partial charge in [0.1, 0.15) is 0 Å². The average molecular weight is 303 g/mol. The predicted molar refractivity (Wildman–Crippen MR) is 77.4 cm³/mol. The second-order valence-corrected chi connectivity index (χ2v) is 8.73. The second kappa shape index (κ2) is 6.43. The summed E-state index contributed by atoms with van der Waals surface area (Å²) < 4.78 is 23.2. The van der Waals surface area contributed by atoms with Gasteiger partial charge in [0, 0.05) is 12.6 Å². The summed E-state index contributed by atoms with van der Waals surface area (Å²) in [4.78, 5) is 12.9. The average Bonchev–Trinajstić information content (AvgIpc) is 2.71. The van der Waals surface area contributed by atoms with Crippen molar-refractivity contribution >= 4 is 15.8 Å². The highest BCUT2D eigenvalue weighted by molar-refractivity contribution is 7.91. The lowest BCUT2D eigenvalue weighted by Crippen LogP contribution is -2.43. The van der Waals surface area contributed by atoms with Gasteiger partial charge in [0.05, 0.1) is 18.1 Å². The van der Waals surface area contributed by atoms with Gasteiger partial charge in [-0.3, -0.25) is 9.69 Å². The Balaban J connectivity index is 1.95. The molecule has 0 aromatic carbocycles. The molecule has 2 rings (SSSR count). The van der Waals surface area contributed by atoms with Gasteiger partial charge < -0.3 is 5.11 Å². The molecule has 2 aliphatic rings. The van der Waals surface area contributed by atoms with E-state index in [1.165, 1.54) is 12.8 Å². The minimum atomic E-state index is -2.96. The molecule has 0 bridgehead atoms. The number of aliphatic carboxylic acids is 1. The molecule has 1 heterocycles. The zero-order valence-electron chi connectivity index (χ0n) is 12.1. The number of carboxylic acid groups (broad SMARTS) is 1. The number of sulfone groups is 1. The Morgan fingerprint density at radius 3 is 2.35 bits per heavy atom. The Morgan fingerprint density at radius 1 is 1.20 bits per heavy atom. The van der Waals surface area contributed by atoms with Crippen LogP contribution in [0.3, 0.4) is 0 Å². The minimum absolute atomic E-state index is 0.0355. The summed E-state index contributed by atoms with van der Waals surface area (Å²) in [6.45, 7) is 2.96. The molecule has 1 N–H and O–H groups in total. The maximum atomic E-state index is 11.6. The molecular formula is C14H25NO4S. The molecule has 1 atom stereocenters. The number of hydrogen-bond donors (Lipinski definition) is 1. The highest BCUT2D eigenvalue weighted by atomic mass is 32.2. The van der Waals surface area contributed by atoms with E-state index in [9.17, 15) is 13.2 Å². The van der Waals surface area contributed by atoms with Crippen molar-refractivity contribution in [2.75, 3.05) is 24.6 Å². The molecule has 116 valence electrons. The zero-order chi connectivity index (χ0) is 14.8. The molecule has 0 radical (unpaired) electrons. The van der Waals surface area contributed by atoms with Crippen LogP contribution in [0.2, 0.25) is 0 Å². The van der Waals surface area contributed by atoms with Crippen LogP contribution in [0.25, 0.3) is 0 Å². The van der Waals surface area contributed by atoms with E-state index in [0.717, 1.165) is 25.3 Å². The number of hydrogen-bond acceptors (Lipinski definition) is 4. The van der Waals surface area contributed by atoms with Gasteiger partial charge in [-0.1, -0.05) is 19.8 Å². The fourth-order valence-electron chi connectivity index (χ4n) is 3.42. The third kappa shape index (κ3) is 4.45. The molecule has 1 unspecified atom stereocenters. The van der Waals surface area contributed by atoms with Gasteiger partial charge in [0.15, 0.2) is 9.84 Å². The third-order valence-corrected chi connectivity index (χ3v) is 6.44. The van der Waals surface area contributed by atoms with Crippen molar-refractivity contribution < 1.29 is 18.3 Å². The molecule has 1 saturated heterocycles. The molecule has 0 amide bonds. The van der Waals surface area contributed by atoms with Gasteiger partial charge in [-0.05, 0) is 31.1 Å². The van der Waals surface area contributed by atoms with Gasteiger partial charge >= 0.3 is 5.97 Å². The molecule has 0 aromatic rings. The van der Waals surface area contributed by atoms with Crippen LogP contribution < -0.4 is 0 Å². The lowest BCUT2D eigenvalue weighted by Gasteiger charge is -2.33. The van der Waals surface area contributed by atoms with Crippen LogP contribution in [-0.2, 0) is 14.6 Å². The van der Waals surface area contributed by atoms with Gasteiger partial charge in [0.25, 0.3) is 0 Å². The largest absolute Gasteiger partial charge is 0.480 e. The highest BCUT2D eigenvalue weighted by Gasteiger charge is 2.34. The van der Waals surface area contributed by atoms with Crippen LogP contribution in [0, 0.1) is 11.8 Å². The third-order valence-electron chi connectivity index (χ3n) is 4.69. The molecule has 20 heavy (non-hydrogen) atoms. The Bertz CT molecular complexity index is 440. The fraction of sp³-hybridized carbons (Fsp3) is 0.929. The molecule has 1 aliphatic heterocycles. The minimum Gasteiger partial charge on any atom is -0.480 e. The van der Waals surface area contributed by atoms with Crippen LogP contribution in [-0.4, -0.2) is 55.0 Å². The van der Waals surface area contributed by atoms with Crippen LogP contribution in [0.5, 0.6) is 0 Å². The van der Waals surface area contributed by atoms with Crippen molar-refractivity contribution in [3.8, 4) is 0 Å². The maximum absolute atomic E-state index is 11.6. The number of nitrogens with zero attached hydrogens (tertiary/aromatic N) is 1. The molecule has 5 nitrogen and oxygen atoms in total. The summed E-state index contributed by atoms with van der Waals surface area (Å²) in [6, 6.07) is -0.101. The predicted octanol–water partition coefficient (Wildman–Crippen LogP) is 1.39. The van der Waals surface area contributed by atoms with Crippen molar-refractivity contribution in [2.45, 2.75) is 45.1 Å². The number of carboxylic acids is 1. The normalized spacial score (nSPS) is 33.4.